The molecular formula is C18H23NO2. The Labute approximate surface area is 126 Å². The van der Waals surface area contributed by atoms with Gasteiger partial charge in [0, 0.05) is 6.54 Å². The lowest BCUT2D eigenvalue weighted by molar-refractivity contribution is 0.216. The van der Waals surface area contributed by atoms with Crippen LogP contribution in [0.5, 0.6) is 11.5 Å². The number of hydrogen-bond acceptors (Lipinski definition) is 3. The summed E-state index contributed by atoms with van der Waals surface area (Å²) in [5, 5.41) is 3.13. The normalized spacial score (nSPS) is 10.4. The van der Waals surface area contributed by atoms with Gasteiger partial charge in [-0.05, 0) is 50.2 Å². The van der Waals surface area contributed by atoms with E-state index < -0.39 is 0 Å². The molecule has 2 aromatic rings. The van der Waals surface area contributed by atoms with Gasteiger partial charge in [-0.25, -0.2) is 0 Å². The lowest BCUT2D eigenvalue weighted by Gasteiger charge is -2.11. The molecule has 0 bridgehead atoms. The Hall–Kier alpha value is -2.00. The van der Waals surface area contributed by atoms with E-state index in [4.69, 9.17) is 9.47 Å². The molecule has 0 saturated heterocycles. The van der Waals surface area contributed by atoms with Crippen molar-refractivity contribution in [3.8, 4) is 11.5 Å². The van der Waals surface area contributed by atoms with Crippen LogP contribution in [0.2, 0.25) is 0 Å². The Bertz CT molecular complexity index is 581. The van der Waals surface area contributed by atoms with E-state index in [1.54, 1.807) is 0 Å². The number of hydrogen-bond donors (Lipinski definition) is 1. The first-order chi connectivity index (χ1) is 10.2. The van der Waals surface area contributed by atoms with Crippen LogP contribution in [0.15, 0.2) is 42.5 Å². The lowest BCUT2D eigenvalue weighted by Crippen LogP contribution is -2.10. The number of rotatable bonds is 7. The summed E-state index contributed by atoms with van der Waals surface area (Å²) >= 11 is 0. The van der Waals surface area contributed by atoms with E-state index in [2.05, 4.69) is 37.4 Å². The van der Waals surface area contributed by atoms with E-state index in [-0.39, 0.29) is 0 Å². The molecule has 0 saturated carbocycles. The summed E-state index contributed by atoms with van der Waals surface area (Å²) in [5.41, 5.74) is 3.62. The second-order valence-corrected chi connectivity index (χ2v) is 5.14. The summed E-state index contributed by atoms with van der Waals surface area (Å²) in [6.07, 6.45) is 0. The van der Waals surface area contributed by atoms with E-state index in [9.17, 15) is 0 Å². The van der Waals surface area contributed by atoms with Gasteiger partial charge in [0.05, 0.1) is 0 Å². The van der Waals surface area contributed by atoms with Crippen molar-refractivity contribution in [2.75, 3.05) is 20.3 Å². The van der Waals surface area contributed by atoms with E-state index in [1.165, 1.54) is 11.1 Å². The van der Waals surface area contributed by atoms with Gasteiger partial charge < -0.3 is 14.8 Å². The van der Waals surface area contributed by atoms with Gasteiger partial charge in [-0.15, -0.1) is 0 Å². The van der Waals surface area contributed by atoms with Crippen molar-refractivity contribution in [3.05, 3.63) is 59.2 Å². The summed E-state index contributed by atoms with van der Waals surface area (Å²) in [6, 6.07) is 14.3. The van der Waals surface area contributed by atoms with Crippen molar-refractivity contribution in [2.45, 2.75) is 20.4 Å². The molecule has 0 aliphatic rings. The molecule has 1 N–H and O–H groups in total. The average Bonchev–Trinajstić information content (AvgIpc) is 2.46. The van der Waals surface area contributed by atoms with Gasteiger partial charge in [-0.2, -0.15) is 0 Å². The van der Waals surface area contributed by atoms with E-state index in [1.807, 2.05) is 31.3 Å². The predicted octanol–water partition coefficient (Wildman–Crippen LogP) is 3.48. The third-order valence-electron chi connectivity index (χ3n) is 3.22. The molecule has 0 unspecified atom stereocenters. The van der Waals surface area contributed by atoms with E-state index >= 15 is 0 Å². The molecule has 0 amide bonds. The monoisotopic (exact) mass is 285 g/mol. The smallest absolute Gasteiger partial charge is 0.122 e. The molecule has 0 aliphatic heterocycles. The molecular weight excluding hydrogens is 262 g/mol. The van der Waals surface area contributed by atoms with E-state index in [0.29, 0.717) is 13.2 Å². The van der Waals surface area contributed by atoms with Gasteiger partial charge in [-0.3, -0.25) is 0 Å². The van der Waals surface area contributed by atoms with Crippen LogP contribution in [0.25, 0.3) is 0 Å². The Morgan fingerprint density at radius 3 is 2.52 bits per heavy atom. The van der Waals surface area contributed by atoms with Crippen molar-refractivity contribution < 1.29 is 9.47 Å². The third-order valence-corrected chi connectivity index (χ3v) is 3.22. The van der Waals surface area contributed by atoms with Crippen LogP contribution in [0.3, 0.4) is 0 Å². The van der Waals surface area contributed by atoms with Gasteiger partial charge in [0.25, 0.3) is 0 Å². The van der Waals surface area contributed by atoms with Gasteiger partial charge in [0.1, 0.15) is 24.7 Å². The fourth-order valence-electron chi connectivity index (χ4n) is 2.22. The van der Waals surface area contributed by atoms with Crippen LogP contribution in [-0.4, -0.2) is 20.3 Å². The number of ether oxygens (including phenoxy) is 2. The summed E-state index contributed by atoms with van der Waals surface area (Å²) in [4.78, 5) is 0. The zero-order valence-electron chi connectivity index (χ0n) is 13.0. The maximum absolute atomic E-state index is 5.75. The Balaban J connectivity index is 1.80. The average molecular weight is 285 g/mol. The second-order valence-electron chi connectivity index (χ2n) is 5.14. The molecule has 112 valence electrons. The van der Waals surface area contributed by atoms with Crippen molar-refractivity contribution >= 4 is 0 Å². The maximum Gasteiger partial charge on any atom is 0.122 e. The first kappa shape index (κ1) is 15.4. The molecule has 0 fully saturated rings. The minimum absolute atomic E-state index is 0.538. The Kier molecular flexibility index (Phi) is 5.64. The molecule has 0 aromatic heterocycles. The molecule has 3 nitrogen and oxygen atoms in total. The number of aryl methyl sites for hydroxylation is 2. The zero-order chi connectivity index (χ0) is 15.1. The van der Waals surface area contributed by atoms with Gasteiger partial charge in [0.2, 0.25) is 0 Å². The van der Waals surface area contributed by atoms with E-state index in [0.717, 1.165) is 23.6 Å². The fourth-order valence-corrected chi connectivity index (χ4v) is 2.22. The lowest BCUT2D eigenvalue weighted by atomic mass is 10.1. The van der Waals surface area contributed by atoms with Crippen LogP contribution in [0.1, 0.15) is 16.7 Å². The fraction of sp³-hybridized carbons (Fsp3) is 0.333. The zero-order valence-corrected chi connectivity index (χ0v) is 13.0. The van der Waals surface area contributed by atoms with Crippen LogP contribution in [0.4, 0.5) is 0 Å². The molecule has 21 heavy (non-hydrogen) atoms. The van der Waals surface area contributed by atoms with Crippen molar-refractivity contribution in [1.29, 1.82) is 0 Å². The molecule has 0 atom stereocenters. The van der Waals surface area contributed by atoms with Gasteiger partial charge in [0.15, 0.2) is 0 Å². The molecule has 0 radical (unpaired) electrons. The third kappa shape index (κ3) is 4.80. The first-order valence-electron chi connectivity index (χ1n) is 7.25. The number of benzene rings is 2. The standard InChI is InChI=1S/C18H23NO2/c1-14-7-8-18(15(2)11-14)21-10-9-20-17-6-4-5-16(12-17)13-19-3/h4-8,11-12,19H,9-10,13H2,1-3H3. The molecule has 0 heterocycles. The largest absolute Gasteiger partial charge is 0.490 e. The minimum atomic E-state index is 0.538. The molecule has 2 aromatic carbocycles. The highest BCUT2D eigenvalue weighted by atomic mass is 16.5. The second kappa shape index (κ2) is 7.70. The topological polar surface area (TPSA) is 30.5 Å². The summed E-state index contributed by atoms with van der Waals surface area (Å²) in [6.45, 7) is 6.06. The predicted molar refractivity (Wildman–Crippen MR) is 86.1 cm³/mol. The van der Waals surface area contributed by atoms with Crippen LogP contribution < -0.4 is 14.8 Å². The quantitative estimate of drug-likeness (QED) is 0.790. The molecule has 3 heteroatoms. The van der Waals surface area contributed by atoms with Crippen molar-refractivity contribution in [1.82, 2.24) is 5.32 Å². The van der Waals surface area contributed by atoms with Gasteiger partial charge in [-0.1, -0.05) is 29.8 Å². The summed E-state index contributed by atoms with van der Waals surface area (Å²) < 4.78 is 11.5. The van der Waals surface area contributed by atoms with Crippen LogP contribution in [0, 0.1) is 13.8 Å². The highest BCUT2D eigenvalue weighted by molar-refractivity contribution is 5.35. The number of nitrogens with one attached hydrogen (secondary N) is 1. The van der Waals surface area contributed by atoms with Crippen molar-refractivity contribution in [2.24, 2.45) is 0 Å². The van der Waals surface area contributed by atoms with Crippen LogP contribution >= 0.6 is 0 Å². The summed E-state index contributed by atoms with van der Waals surface area (Å²) in [7, 11) is 1.94. The van der Waals surface area contributed by atoms with Crippen LogP contribution in [-0.2, 0) is 6.54 Å². The maximum atomic E-state index is 5.75. The molecule has 2 rings (SSSR count). The first-order valence-corrected chi connectivity index (χ1v) is 7.25. The SMILES string of the molecule is CNCc1cccc(OCCOc2ccc(C)cc2C)c1. The molecule has 0 spiro atoms. The highest BCUT2D eigenvalue weighted by Gasteiger charge is 2.00. The Morgan fingerprint density at radius 1 is 0.952 bits per heavy atom. The van der Waals surface area contributed by atoms with Gasteiger partial charge >= 0.3 is 0 Å². The minimum Gasteiger partial charge on any atom is -0.490 e. The summed E-state index contributed by atoms with van der Waals surface area (Å²) in [5.74, 6) is 1.81. The highest BCUT2D eigenvalue weighted by Crippen LogP contribution is 2.19. The Morgan fingerprint density at radius 2 is 1.76 bits per heavy atom. The molecule has 0 aliphatic carbocycles. The van der Waals surface area contributed by atoms with Crippen molar-refractivity contribution in [3.63, 3.8) is 0 Å².